The van der Waals surface area contributed by atoms with Crippen molar-refractivity contribution in [1.29, 1.82) is 5.26 Å². The maximum Gasteiger partial charge on any atom is 0.169 e. The largest absolute Gasteiger partial charge is 0.493 e. The minimum Gasteiger partial charge on any atom is -0.493 e. The maximum absolute atomic E-state index is 9.94. The van der Waals surface area contributed by atoms with Gasteiger partial charge in [0.2, 0.25) is 0 Å². The third-order valence-electron chi connectivity index (χ3n) is 6.90. The second kappa shape index (κ2) is 11.1. The van der Waals surface area contributed by atoms with Crippen LogP contribution in [0.1, 0.15) is 44.9 Å². The van der Waals surface area contributed by atoms with Crippen LogP contribution in [-0.4, -0.2) is 57.7 Å². The fraction of sp³-hybridized carbons (Fsp3) is 0.393. The summed E-state index contributed by atoms with van der Waals surface area (Å²) in [5.74, 6) is 2.10. The van der Waals surface area contributed by atoms with Crippen molar-refractivity contribution in [2.24, 2.45) is 5.92 Å². The first kappa shape index (κ1) is 27.9. The Morgan fingerprint density at radius 2 is 1.85 bits per heavy atom. The molecule has 4 heterocycles. The number of anilines is 1. The Bertz CT molecular complexity index is 1570. The molecule has 1 aromatic carbocycles. The minimum atomic E-state index is -0.494. The standard InChI is InChI=1S/C28H30Cl2N8O2/c1-15(2)10-33-28(4)13-38(14-28)27-17(9-31)6-22(35-37-27)26-18-7-24(23(39-5)8-21(18)34-36-26)40-16(3)25-19(29)11-32-12-20(25)30/h6-8,11-12,15-16,33H,10,13-14H2,1-5H3,(H,34,36)/t16-/m1/s1. The molecule has 208 valence electrons. The molecule has 1 fully saturated rings. The molecule has 0 amide bonds. The summed E-state index contributed by atoms with van der Waals surface area (Å²) in [7, 11) is 1.56. The smallest absolute Gasteiger partial charge is 0.169 e. The second-order valence-electron chi connectivity index (χ2n) is 10.7. The van der Waals surface area contributed by atoms with Crippen molar-refractivity contribution in [2.75, 3.05) is 31.6 Å². The highest BCUT2D eigenvalue weighted by Gasteiger charge is 2.40. The third kappa shape index (κ3) is 5.37. The number of ether oxygens (including phenoxy) is 2. The summed E-state index contributed by atoms with van der Waals surface area (Å²) in [5.41, 5.74) is 2.76. The Balaban J connectivity index is 1.44. The van der Waals surface area contributed by atoms with E-state index in [1.54, 1.807) is 19.2 Å². The van der Waals surface area contributed by atoms with Gasteiger partial charge in [0.1, 0.15) is 23.6 Å². The van der Waals surface area contributed by atoms with Gasteiger partial charge in [0.15, 0.2) is 17.3 Å². The van der Waals surface area contributed by atoms with Crippen LogP contribution >= 0.6 is 23.2 Å². The maximum atomic E-state index is 9.94. The summed E-state index contributed by atoms with van der Waals surface area (Å²) in [6.45, 7) is 10.8. The number of H-pyrrole nitrogens is 1. The number of benzene rings is 1. The molecule has 0 saturated carbocycles. The molecule has 2 N–H and O–H groups in total. The van der Waals surface area contributed by atoms with Gasteiger partial charge in [-0.3, -0.25) is 10.1 Å². The summed E-state index contributed by atoms with van der Waals surface area (Å²) in [6, 6.07) is 7.61. The monoisotopic (exact) mass is 580 g/mol. The number of nitrogens with one attached hydrogen (secondary N) is 2. The molecule has 1 aliphatic rings. The van der Waals surface area contributed by atoms with Crippen molar-refractivity contribution in [3.8, 4) is 29.0 Å². The van der Waals surface area contributed by atoms with E-state index in [1.807, 2.05) is 13.0 Å². The van der Waals surface area contributed by atoms with Crippen molar-refractivity contribution in [2.45, 2.75) is 39.3 Å². The number of pyridine rings is 1. The van der Waals surface area contributed by atoms with Crippen molar-refractivity contribution in [3.63, 3.8) is 0 Å². The molecule has 0 aliphatic carbocycles. The minimum absolute atomic E-state index is 0.0208. The van der Waals surface area contributed by atoms with E-state index in [9.17, 15) is 5.26 Å². The molecule has 5 rings (SSSR count). The number of methoxy groups -OCH3 is 1. The number of aromatic amines is 1. The molecule has 10 nitrogen and oxygen atoms in total. The SMILES string of the molecule is COc1cc2[nH]nc(-c3cc(C#N)c(N4CC(C)(NCC(C)C)C4)nn3)c2cc1O[C@H](C)c1c(Cl)cncc1Cl. The van der Waals surface area contributed by atoms with Crippen molar-refractivity contribution < 1.29 is 9.47 Å². The number of fused-ring (bicyclic) bond motifs is 1. The fourth-order valence-corrected chi connectivity index (χ4v) is 5.53. The molecular formula is C28H30Cl2N8O2. The molecule has 0 spiro atoms. The van der Waals surface area contributed by atoms with Gasteiger partial charge in [0.05, 0.1) is 33.8 Å². The average Bonchev–Trinajstić information content (AvgIpc) is 3.32. The lowest BCUT2D eigenvalue weighted by molar-refractivity contribution is 0.216. The predicted molar refractivity (Wildman–Crippen MR) is 155 cm³/mol. The zero-order valence-corrected chi connectivity index (χ0v) is 24.4. The van der Waals surface area contributed by atoms with Crippen LogP contribution in [0.2, 0.25) is 10.0 Å². The van der Waals surface area contributed by atoms with Gasteiger partial charge in [0, 0.05) is 42.5 Å². The van der Waals surface area contributed by atoms with Crippen molar-refractivity contribution >= 4 is 39.9 Å². The Kier molecular flexibility index (Phi) is 7.73. The van der Waals surface area contributed by atoms with Gasteiger partial charge in [-0.15, -0.1) is 10.2 Å². The highest BCUT2D eigenvalue weighted by molar-refractivity contribution is 6.35. The third-order valence-corrected chi connectivity index (χ3v) is 7.50. The zero-order chi connectivity index (χ0) is 28.6. The zero-order valence-electron chi connectivity index (χ0n) is 22.9. The first-order valence-electron chi connectivity index (χ1n) is 12.9. The Morgan fingerprint density at radius 3 is 2.50 bits per heavy atom. The molecule has 1 saturated heterocycles. The van der Waals surface area contributed by atoms with Crippen LogP contribution in [0.3, 0.4) is 0 Å². The summed E-state index contributed by atoms with van der Waals surface area (Å²) in [5, 5.41) is 31.5. The van der Waals surface area contributed by atoms with E-state index in [0.717, 1.165) is 25.0 Å². The van der Waals surface area contributed by atoms with Gasteiger partial charge in [-0.2, -0.15) is 10.4 Å². The predicted octanol–water partition coefficient (Wildman–Crippen LogP) is 5.57. The molecule has 40 heavy (non-hydrogen) atoms. The molecule has 12 heteroatoms. The molecule has 0 radical (unpaired) electrons. The van der Waals surface area contributed by atoms with Crippen LogP contribution in [0.25, 0.3) is 22.3 Å². The number of nitrogens with zero attached hydrogens (tertiary/aromatic N) is 6. The topological polar surface area (TPSA) is 125 Å². The molecule has 3 aromatic heterocycles. The quantitative estimate of drug-likeness (QED) is 0.261. The first-order chi connectivity index (χ1) is 19.1. The van der Waals surface area contributed by atoms with E-state index < -0.39 is 6.10 Å². The molecular weight excluding hydrogens is 551 g/mol. The van der Waals surface area contributed by atoms with Gasteiger partial charge in [0.25, 0.3) is 0 Å². The summed E-state index contributed by atoms with van der Waals surface area (Å²) in [4.78, 5) is 6.08. The number of hydrogen-bond acceptors (Lipinski definition) is 9. The van der Waals surface area contributed by atoms with E-state index in [-0.39, 0.29) is 5.54 Å². The van der Waals surface area contributed by atoms with Gasteiger partial charge in [-0.05, 0) is 38.4 Å². The number of rotatable bonds is 9. The summed E-state index contributed by atoms with van der Waals surface area (Å²) in [6.07, 6.45) is 2.55. The van der Waals surface area contributed by atoms with E-state index in [0.29, 0.717) is 61.3 Å². The van der Waals surface area contributed by atoms with Gasteiger partial charge < -0.3 is 19.7 Å². The van der Waals surface area contributed by atoms with Gasteiger partial charge >= 0.3 is 0 Å². The van der Waals surface area contributed by atoms with Crippen molar-refractivity contribution in [1.82, 2.24) is 30.7 Å². The van der Waals surface area contributed by atoms with Crippen LogP contribution < -0.4 is 19.7 Å². The Morgan fingerprint density at radius 1 is 1.12 bits per heavy atom. The summed E-state index contributed by atoms with van der Waals surface area (Å²) >= 11 is 12.7. The van der Waals surface area contributed by atoms with Crippen molar-refractivity contribution in [3.05, 3.63) is 51.8 Å². The number of hydrogen-bond donors (Lipinski definition) is 2. The molecule has 0 bridgehead atoms. The lowest BCUT2D eigenvalue weighted by atomic mass is 9.91. The van der Waals surface area contributed by atoms with Crippen LogP contribution in [0, 0.1) is 17.2 Å². The average molecular weight is 582 g/mol. The van der Waals surface area contributed by atoms with Gasteiger partial charge in [-0.1, -0.05) is 37.0 Å². The van der Waals surface area contributed by atoms with E-state index in [2.05, 4.69) is 62.4 Å². The fourth-order valence-electron chi connectivity index (χ4n) is 4.86. The highest BCUT2D eigenvalue weighted by atomic mass is 35.5. The molecule has 0 unspecified atom stereocenters. The Labute approximate surface area is 242 Å². The normalized spacial score (nSPS) is 15.1. The van der Waals surface area contributed by atoms with Crippen LogP contribution in [0.15, 0.2) is 30.6 Å². The lowest BCUT2D eigenvalue weighted by Gasteiger charge is -2.49. The molecule has 4 aromatic rings. The van der Waals surface area contributed by atoms with Crippen LogP contribution in [-0.2, 0) is 0 Å². The number of nitriles is 1. The number of halogens is 2. The Hall–Kier alpha value is -3.65. The van der Waals surface area contributed by atoms with Gasteiger partial charge in [-0.25, -0.2) is 0 Å². The van der Waals surface area contributed by atoms with E-state index in [1.165, 1.54) is 12.4 Å². The lowest BCUT2D eigenvalue weighted by Crippen LogP contribution is -2.68. The van der Waals surface area contributed by atoms with Crippen LogP contribution in [0.4, 0.5) is 5.82 Å². The number of aromatic nitrogens is 5. The van der Waals surface area contributed by atoms with E-state index in [4.69, 9.17) is 32.7 Å². The highest BCUT2D eigenvalue weighted by Crippen LogP contribution is 2.40. The first-order valence-corrected chi connectivity index (χ1v) is 13.7. The molecule has 1 atom stereocenters. The summed E-state index contributed by atoms with van der Waals surface area (Å²) < 4.78 is 11.8. The second-order valence-corrected chi connectivity index (χ2v) is 11.5. The molecule has 1 aliphatic heterocycles. The van der Waals surface area contributed by atoms with Crippen LogP contribution in [0.5, 0.6) is 11.5 Å². The van der Waals surface area contributed by atoms with E-state index >= 15 is 0 Å².